The van der Waals surface area contributed by atoms with Gasteiger partial charge in [0.25, 0.3) is 0 Å². The SMILES string of the molecule is CC[C@H](CO)NC(=O)C=C(C)C. The fourth-order valence-corrected chi connectivity index (χ4v) is 0.782. The molecule has 0 fully saturated rings. The van der Waals surface area contributed by atoms with Crippen molar-refractivity contribution in [3.63, 3.8) is 0 Å². The molecule has 0 aliphatic rings. The predicted molar refractivity (Wildman–Crippen MR) is 48.7 cm³/mol. The van der Waals surface area contributed by atoms with E-state index in [1.165, 1.54) is 6.08 Å². The zero-order chi connectivity index (χ0) is 9.56. The fraction of sp³-hybridized carbons (Fsp3) is 0.667. The summed E-state index contributed by atoms with van der Waals surface area (Å²) in [6.07, 6.45) is 2.27. The fourth-order valence-electron chi connectivity index (χ4n) is 0.782. The van der Waals surface area contributed by atoms with E-state index >= 15 is 0 Å². The molecule has 2 N–H and O–H groups in total. The summed E-state index contributed by atoms with van der Waals surface area (Å²) in [5, 5.41) is 11.5. The van der Waals surface area contributed by atoms with Crippen LogP contribution in [0, 0.1) is 0 Å². The number of hydrogen-bond donors (Lipinski definition) is 2. The van der Waals surface area contributed by atoms with Crippen LogP contribution in [0.1, 0.15) is 27.2 Å². The molecule has 0 radical (unpaired) electrons. The molecule has 0 saturated carbocycles. The molecule has 0 bridgehead atoms. The van der Waals surface area contributed by atoms with Crippen LogP contribution in [0.3, 0.4) is 0 Å². The minimum atomic E-state index is -0.129. The van der Waals surface area contributed by atoms with Gasteiger partial charge in [-0.15, -0.1) is 0 Å². The third-order valence-corrected chi connectivity index (χ3v) is 1.48. The molecular formula is C9H17NO2. The van der Waals surface area contributed by atoms with E-state index in [-0.39, 0.29) is 18.6 Å². The van der Waals surface area contributed by atoms with Gasteiger partial charge in [0.2, 0.25) is 5.91 Å². The van der Waals surface area contributed by atoms with Gasteiger partial charge in [0.1, 0.15) is 0 Å². The van der Waals surface area contributed by atoms with E-state index in [1.54, 1.807) is 0 Å². The molecule has 12 heavy (non-hydrogen) atoms. The van der Waals surface area contributed by atoms with E-state index in [0.717, 1.165) is 12.0 Å². The first-order valence-corrected chi connectivity index (χ1v) is 4.16. The van der Waals surface area contributed by atoms with Crippen LogP contribution < -0.4 is 5.32 Å². The van der Waals surface area contributed by atoms with E-state index < -0.39 is 0 Å². The van der Waals surface area contributed by atoms with Gasteiger partial charge in [-0.25, -0.2) is 0 Å². The van der Waals surface area contributed by atoms with E-state index in [2.05, 4.69) is 5.32 Å². The van der Waals surface area contributed by atoms with Crippen molar-refractivity contribution in [1.29, 1.82) is 0 Å². The molecular weight excluding hydrogens is 154 g/mol. The van der Waals surface area contributed by atoms with Crippen LogP contribution in [0.25, 0.3) is 0 Å². The van der Waals surface area contributed by atoms with Crippen molar-refractivity contribution in [3.8, 4) is 0 Å². The zero-order valence-corrected chi connectivity index (χ0v) is 7.92. The predicted octanol–water partition coefficient (Wildman–Crippen LogP) is 0.840. The molecule has 0 aromatic carbocycles. The third kappa shape index (κ3) is 4.91. The first-order chi connectivity index (χ1) is 5.60. The van der Waals surface area contributed by atoms with Gasteiger partial charge < -0.3 is 10.4 Å². The van der Waals surface area contributed by atoms with Crippen LogP contribution in [0.15, 0.2) is 11.6 Å². The molecule has 0 spiro atoms. The van der Waals surface area contributed by atoms with Crippen LogP contribution in [0.5, 0.6) is 0 Å². The van der Waals surface area contributed by atoms with Crippen molar-refractivity contribution in [2.45, 2.75) is 33.2 Å². The number of aliphatic hydroxyl groups is 1. The molecule has 3 nitrogen and oxygen atoms in total. The Morgan fingerprint density at radius 3 is 2.50 bits per heavy atom. The summed E-state index contributed by atoms with van der Waals surface area (Å²) in [5.74, 6) is -0.129. The van der Waals surface area contributed by atoms with Gasteiger partial charge in [-0.05, 0) is 20.3 Å². The van der Waals surface area contributed by atoms with Crippen molar-refractivity contribution in [1.82, 2.24) is 5.32 Å². The van der Waals surface area contributed by atoms with Gasteiger partial charge in [-0.3, -0.25) is 4.79 Å². The van der Waals surface area contributed by atoms with Gasteiger partial charge in [0.05, 0.1) is 12.6 Å². The Labute approximate surface area is 73.5 Å². The van der Waals surface area contributed by atoms with Crippen LogP contribution in [-0.2, 0) is 4.79 Å². The van der Waals surface area contributed by atoms with Crippen molar-refractivity contribution in [2.75, 3.05) is 6.61 Å². The summed E-state index contributed by atoms with van der Waals surface area (Å²) in [6, 6.07) is -0.118. The number of aliphatic hydroxyl groups excluding tert-OH is 1. The highest BCUT2D eigenvalue weighted by atomic mass is 16.3. The third-order valence-electron chi connectivity index (χ3n) is 1.48. The van der Waals surface area contributed by atoms with E-state index in [4.69, 9.17) is 5.11 Å². The summed E-state index contributed by atoms with van der Waals surface area (Å²) >= 11 is 0. The number of carbonyl (C=O) groups is 1. The molecule has 0 unspecified atom stereocenters. The summed E-state index contributed by atoms with van der Waals surface area (Å²) in [6.45, 7) is 5.64. The molecule has 0 heterocycles. The average Bonchev–Trinajstić information content (AvgIpc) is 1.98. The molecule has 0 aromatic heterocycles. The Bertz CT molecular complexity index is 167. The van der Waals surface area contributed by atoms with Crippen molar-refractivity contribution < 1.29 is 9.90 Å². The number of amides is 1. The lowest BCUT2D eigenvalue weighted by Gasteiger charge is -2.11. The second kappa shape index (κ2) is 5.77. The summed E-state index contributed by atoms with van der Waals surface area (Å²) < 4.78 is 0. The number of hydrogen-bond acceptors (Lipinski definition) is 2. The smallest absolute Gasteiger partial charge is 0.244 e. The largest absolute Gasteiger partial charge is 0.394 e. The number of carbonyl (C=O) groups excluding carboxylic acids is 1. The normalized spacial score (nSPS) is 12.0. The molecule has 0 aliphatic heterocycles. The highest BCUT2D eigenvalue weighted by Crippen LogP contribution is 1.92. The lowest BCUT2D eigenvalue weighted by atomic mass is 10.2. The van der Waals surface area contributed by atoms with Crippen molar-refractivity contribution >= 4 is 5.91 Å². The summed E-state index contributed by atoms with van der Waals surface area (Å²) in [5.41, 5.74) is 0.959. The van der Waals surface area contributed by atoms with E-state index in [0.29, 0.717) is 0 Å². The monoisotopic (exact) mass is 171 g/mol. The molecule has 3 heteroatoms. The Morgan fingerprint density at radius 2 is 2.17 bits per heavy atom. The van der Waals surface area contributed by atoms with Crippen LogP contribution in [0.4, 0.5) is 0 Å². The van der Waals surface area contributed by atoms with E-state index in [1.807, 2.05) is 20.8 Å². The highest BCUT2D eigenvalue weighted by molar-refractivity contribution is 5.88. The number of rotatable bonds is 4. The van der Waals surface area contributed by atoms with Gasteiger partial charge in [-0.2, -0.15) is 0 Å². The average molecular weight is 171 g/mol. The van der Waals surface area contributed by atoms with Crippen molar-refractivity contribution in [3.05, 3.63) is 11.6 Å². The molecule has 0 aliphatic carbocycles. The standard InChI is InChI=1S/C9H17NO2/c1-4-8(6-11)10-9(12)5-7(2)3/h5,8,11H,4,6H2,1-3H3,(H,10,12)/t8-/m1/s1. The minimum Gasteiger partial charge on any atom is -0.394 e. The topological polar surface area (TPSA) is 49.3 Å². The molecule has 70 valence electrons. The lowest BCUT2D eigenvalue weighted by Crippen LogP contribution is -2.35. The quantitative estimate of drug-likeness (QED) is 0.616. The molecule has 1 amide bonds. The molecule has 0 aromatic rings. The second-order valence-corrected chi connectivity index (χ2v) is 3.02. The highest BCUT2D eigenvalue weighted by Gasteiger charge is 2.05. The van der Waals surface area contributed by atoms with Crippen molar-refractivity contribution in [2.24, 2.45) is 0 Å². The number of allylic oxidation sites excluding steroid dienone is 1. The first kappa shape index (κ1) is 11.2. The van der Waals surface area contributed by atoms with Gasteiger partial charge in [0.15, 0.2) is 0 Å². The van der Waals surface area contributed by atoms with Gasteiger partial charge in [0, 0.05) is 6.08 Å². The minimum absolute atomic E-state index is 0.00115. The van der Waals surface area contributed by atoms with E-state index in [9.17, 15) is 4.79 Å². The molecule has 0 saturated heterocycles. The van der Waals surface area contributed by atoms with Gasteiger partial charge in [-0.1, -0.05) is 12.5 Å². The maximum absolute atomic E-state index is 11.1. The maximum Gasteiger partial charge on any atom is 0.244 e. The molecule has 0 rings (SSSR count). The van der Waals surface area contributed by atoms with Gasteiger partial charge >= 0.3 is 0 Å². The Kier molecular flexibility index (Phi) is 5.37. The second-order valence-electron chi connectivity index (χ2n) is 3.02. The summed E-state index contributed by atoms with van der Waals surface area (Å²) in [7, 11) is 0. The Balaban J connectivity index is 3.90. The maximum atomic E-state index is 11.1. The lowest BCUT2D eigenvalue weighted by molar-refractivity contribution is -0.117. The van der Waals surface area contributed by atoms with Crippen LogP contribution >= 0.6 is 0 Å². The summed E-state index contributed by atoms with van der Waals surface area (Å²) in [4.78, 5) is 11.1. The Hall–Kier alpha value is -0.830. The molecule has 1 atom stereocenters. The van der Waals surface area contributed by atoms with Crippen LogP contribution in [0.2, 0.25) is 0 Å². The first-order valence-electron chi connectivity index (χ1n) is 4.16. The van der Waals surface area contributed by atoms with Crippen LogP contribution in [-0.4, -0.2) is 23.7 Å². The zero-order valence-electron chi connectivity index (χ0n) is 7.92. The Morgan fingerprint density at radius 1 is 1.58 bits per heavy atom. The number of nitrogens with one attached hydrogen (secondary N) is 1.